The lowest BCUT2D eigenvalue weighted by Gasteiger charge is -2.29. The highest BCUT2D eigenvalue weighted by Gasteiger charge is 2.44. The summed E-state index contributed by atoms with van der Waals surface area (Å²) in [7, 11) is 0. The first-order chi connectivity index (χ1) is 21.7. The summed E-state index contributed by atoms with van der Waals surface area (Å²) in [5, 5.41) is 20.7. The molecule has 3 atom stereocenters. The molecule has 4 aromatic rings. The normalized spacial score (nSPS) is 23.1. The van der Waals surface area contributed by atoms with Crippen LogP contribution in [0.4, 0.5) is 14.9 Å². The average molecular weight is 627 g/mol. The third-order valence-electron chi connectivity index (χ3n) is 8.87. The van der Waals surface area contributed by atoms with Gasteiger partial charge in [-0.15, -0.1) is 0 Å². The molecular formula is C34H35FN6O5. The Morgan fingerprint density at radius 1 is 1.04 bits per heavy atom. The largest absolute Gasteiger partial charge is 0.489 e. The van der Waals surface area contributed by atoms with Crippen LogP contribution in [-0.4, -0.2) is 58.2 Å². The van der Waals surface area contributed by atoms with Gasteiger partial charge in [0, 0.05) is 52.5 Å². The fourth-order valence-corrected chi connectivity index (χ4v) is 5.97. The first-order valence-corrected chi connectivity index (χ1v) is 15.0. The number of fused-ring (bicyclic) bond motifs is 5. The zero-order chi connectivity index (χ0) is 33.0. The third-order valence-corrected chi connectivity index (χ3v) is 8.87. The van der Waals surface area contributed by atoms with E-state index in [9.17, 15) is 23.9 Å². The Bertz CT molecular complexity index is 1910. The van der Waals surface area contributed by atoms with Crippen molar-refractivity contribution in [1.82, 2.24) is 20.6 Å². The highest BCUT2D eigenvalue weighted by atomic mass is 19.1. The van der Waals surface area contributed by atoms with Gasteiger partial charge in [-0.2, -0.15) is 0 Å². The van der Waals surface area contributed by atoms with Crippen LogP contribution in [0.15, 0.2) is 48.5 Å². The number of aliphatic hydroxyl groups is 1. The number of nitrogens with one attached hydrogen (secondary N) is 3. The van der Waals surface area contributed by atoms with E-state index in [-0.39, 0.29) is 26.1 Å². The standard InChI is InChI=1S/C34H35FN6O5/c1-17-9-20-10-21-11-26(27(20)39-18(17)2)41-32(44)38-15-33(3,45)13-22(14-37-30(21)42)25-12-24-29(46-16-34(24,4)31(36)43)28(40-25)19-5-7-23(35)8-6-19/h5-12,22,45H,13-16H2,1-4H3,(H2,36,43)(H,37,42)(H2,38,41,44)/t22?,33?,34-/m0/s1. The number of nitrogens with two attached hydrogens (primary N) is 1. The van der Waals surface area contributed by atoms with Gasteiger partial charge in [-0.05, 0) is 88.2 Å². The molecule has 12 heteroatoms. The number of rotatable bonds is 3. The Kier molecular flexibility index (Phi) is 7.63. The molecule has 6 N–H and O–H groups in total. The van der Waals surface area contributed by atoms with Gasteiger partial charge in [0.2, 0.25) is 5.91 Å². The Labute approximate surface area is 264 Å². The SMILES string of the molecule is Cc1cc2cc3cc(c2nc1C)NC(=O)NCC(C)(O)CC(c1cc2c(c(-c4ccc(F)cc4)n1)OC[C@]2(C)C(N)=O)CNC3=O. The second-order valence-electron chi connectivity index (χ2n) is 12.7. The quantitative estimate of drug-likeness (QED) is 0.229. The number of benzene rings is 2. The number of hydrogen-bond acceptors (Lipinski definition) is 7. The smallest absolute Gasteiger partial charge is 0.319 e. The lowest BCUT2D eigenvalue weighted by molar-refractivity contribution is -0.123. The predicted molar refractivity (Wildman–Crippen MR) is 170 cm³/mol. The van der Waals surface area contributed by atoms with Gasteiger partial charge in [0.1, 0.15) is 29.3 Å². The Hall–Kier alpha value is -5.10. The van der Waals surface area contributed by atoms with Crippen LogP contribution < -0.4 is 26.4 Å². The van der Waals surface area contributed by atoms with E-state index in [2.05, 4.69) is 20.9 Å². The van der Waals surface area contributed by atoms with Crippen LogP contribution in [0, 0.1) is 19.7 Å². The molecule has 0 radical (unpaired) electrons. The lowest BCUT2D eigenvalue weighted by Crippen LogP contribution is -2.44. The van der Waals surface area contributed by atoms with Crippen molar-refractivity contribution in [3.63, 3.8) is 0 Å². The molecule has 2 aromatic heterocycles. The Balaban J connectivity index is 1.46. The van der Waals surface area contributed by atoms with E-state index in [0.29, 0.717) is 50.4 Å². The number of primary amides is 1. The summed E-state index contributed by atoms with van der Waals surface area (Å²) in [4.78, 5) is 48.9. The molecule has 4 heterocycles. The molecule has 2 unspecified atom stereocenters. The molecule has 0 fully saturated rings. The van der Waals surface area contributed by atoms with Crippen LogP contribution >= 0.6 is 0 Å². The van der Waals surface area contributed by atoms with Gasteiger partial charge in [0.05, 0.1) is 16.8 Å². The molecule has 0 spiro atoms. The van der Waals surface area contributed by atoms with Crippen LogP contribution in [0.2, 0.25) is 0 Å². The Morgan fingerprint density at radius 3 is 2.50 bits per heavy atom. The number of β-amino-alcohol motifs (C(OH)–C–C–N with tert-alkyl or cyclic N) is 1. The van der Waals surface area contributed by atoms with Crippen molar-refractivity contribution in [2.45, 2.75) is 51.0 Å². The van der Waals surface area contributed by atoms with Crippen molar-refractivity contribution < 1.29 is 28.6 Å². The summed E-state index contributed by atoms with van der Waals surface area (Å²) in [6.45, 7) is 6.97. The Morgan fingerprint density at radius 2 is 1.78 bits per heavy atom. The maximum absolute atomic E-state index is 13.9. The number of hydrogen-bond donors (Lipinski definition) is 5. The molecular weight excluding hydrogens is 591 g/mol. The van der Waals surface area contributed by atoms with Crippen LogP contribution in [0.25, 0.3) is 22.2 Å². The minimum Gasteiger partial charge on any atom is -0.489 e. The van der Waals surface area contributed by atoms with Gasteiger partial charge in [-0.25, -0.2) is 14.2 Å². The molecule has 11 nitrogen and oxygen atoms in total. The topological polar surface area (TPSA) is 169 Å². The minimum absolute atomic E-state index is 0.00665. The molecule has 4 amide bonds. The second kappa shape index (κ2) is 11.4. The summed E-state index contributed by atoms with van der Waals surface area (Å²) in [6.07, 6.45) is 0.0653. The molecule has 0 saturated heterocycles. The van der Waals surface area contributed by atoms with Crippen molar-refractivity contribution in [3.8, 4) is 17.0 Å². The van der Waals surface area contributed by atoms with E-state index in [4.69, 9.17) is 15.5 Å². The number of halogens is 1. The minimum atomic E-state index is -1.45. The molecule has 2 bridgehead atoms. The average Bonchev–Trinajstić information content (AvgIpc) is 3.36. The number of ether oxygens (including phenoxy) is 1. The highest BCUT2D eigenvalue weighted by Crippen LogP contribution is 2.45. The lowest BCUT2D eigenvalue weighted by atomic mass is 9.81. The fourth-order valence-electron chi connectivity index (χ4n) is 5.97. The first-order valence-electron chi connectivity index (χ1n) is 15.0. The molecule has 2 aliphatic heterocycles. The van der Waals surface area contributed by atoms with E-state index in [1.807, 2.05) is 19.9 Å². The van der Waals surface area contributed by atoms with Gasteiger partial charge in [0.15, 0.2) is 0 Å². The predicted octanol–water partition coefficient (Wildman–Crippen LogP) is 3.98. The van der Waals surface area contributed by atoms with Gasteiger partial charge in [-0.3, -0.25) is 14.6 Å². The van der Waals surface area contributed by atoms with Gasteiger partial charge >= 0.3 is 6.03 Å². The number of carbonyl (C=O) groups excluding carboxylic acids is 3. The monoisotopic (exact) mass is 626 g/mol. The third kappa shape index (κ3) is 5.71. The van der Waals surface area contributed by atoms with Crippen molar-refractivity contribution in [2.75, 3.05) is 25.0 Å². The number of amides is 4. The van der Waals surface area contributed by atoms with Crippen molar-refractivity contribution in [3.05, 3.63) is 82.4 Å². The number of pyridine rings is 2. The van der Waals surface area contributed by atoms with Gasteiger partial charge in [-0.1, -0.05) is 0 Å². The first kappa shape index (κ1) is 30.9. The highest BCUT2D eigenvalue weighted by molar-refractivity contribution is 6.06. The molecule has 2 aromatic carbocycles. The van der Waals surface area contributed by atoms with Gasteiger partial charge in [0.25, 0.3) is 5.91 Å². The molecule has 0 saturated carbocycles. The van der Waals surface area contributed by atoms with Crippen molar-refractivity contribution in [1.29, 1.82) is 0 Å². The van der Waals surface area contributed by atoms with Crippen LogP contribution in [0.3, 0.4) is 0 Å². The van der Waals surface area contributed by atoms with E-state index in [0.717, 1.165) is 11.3 Å². The van der Waals surface area contributed by atoms with Crippen molar-refractivity contribution >= 4 is 34.4 Å². The summed E-state index contributed by atoms with van der Waals surface area (Å²) < 4.78 is 19.8. The van der Waals surface area contributed by atoms with E-state index in [1.54, 1.807) is 44.2 Å². The van der Waals surface area contributed by atoms with Crippen molar-refractivity contribution in [2.24, 2.45) is 5.73 Å². The molecule has 238 valence electrons. The van der Waals surface area contributed by atoms with E-state index < -0.39 is 40.6 Å². The van der Waals surface area contributed by atoms with Gasteiger partial charge < -0.3 is 31.5 Å². The zero-order valence-electron chi connectivity index (χ0n) is 26.0. The molecule has 6 rings (SSSR count). The summed E-state index contributed by atoms with van der Waals surface area (Å²) in [5.74, 6) is -1.66. The maximum atomic E-state index is 13.9. The number of anilines is 1. The summed E-state index contributed by atoms with van der Waals surface area (Å²) in [6, 6.07) is 12.1. The molecule has 0 aliphatic carbocycles. The maximum Gasteiger partial charge on any atom is 0.319 e. The summed E-state index contributed by atoms with van der Waals surface area (Å²) >= 11 is 0. The number of urea groups is 1. The zero-order valence-corrected chi connectivity index (χ0v) is 26.0. The number of carbonyl (C=O) groups is 3. The fraction of sp³-hybridized carbons (Fsp3) is 0.324. The molecule has 2 aliphatic rings. The molecule has 46 heavy (non-hydrogen) atoms. The number of aromatic nitrogens is 2. The van der Waals surface area contributed by atoms with E-state index in [1.165, 1.54) is 12.1 Å². The second-order valence-corrected chi connectivity index (χ2v) is 12.7. The van der Waals surface area contributed by atoms with Crippen LogP contribution in [0.5, 0.6) is 5.75 Å². The van der Waals surface area contributed by atoms with Crippen LogP contribution in [-0.2, 0) is 10.2 Å². The van der Waals surface area contributed by atoms with E-state index >= 15 is 0 Å². The number of aryl methyl sites for hydroxylation is 2. The van der Waals surface area contributed by atoms with Crippen LogP contribution in [0.1, 0.15) is 59.1 Å². The summed E-state index contributed by atoms with van der Waals surface area (Å²) in [5.41, 5.74) is 8.01. The number of nitrogens with zero attached hydrogens (tertiary/aromatic N) is 2.